The summed E-state index contributed by atoms with van der Waals surface area (Å²) in [6.07, 6.45) is 0.932. The topological polar surface area (TPSA) is 9.23 Å². The van der Waals surface area contributed by atoms with Crippen molar-refractivity contribution in [2.24, 2.45) is 0 Å². The molecular weight excluding hydrogens is 505 g/mol. The maximum atomic E-state index is 7.80. The van der Waals surface area contributed by atoms with Crippen LogP contribution in [-0.4, -0.2) is 16.4 Å². The third kappa shape index (κ3) is 5.33. The first-order chi connectivity index (χ1) is 19.1. The second-order valence-corrected chi connectivity index (χ2v) is 18.1. The van der Waals surface area contributed by atoms with E-state index in [1.807, 2.05) is 0 Å². The van der Waals surface area contributed by atoms with E-state index in [-0.39, 0.29) is 0 Å². The first-order valence-electron chi connectivity index (χ1n) is 13.8. The summed E-state index contributed by atoms with van der Waals surface area (Å²) in [7, 11) is -5.04. The summed E-state index contributed by atoms with van der Waals surface area (Å²) in [6, 6.07) is 54.4. The first kappa shape index (κ1) is 26.7. The summed E-state index contributed by atoms with van der Waals surface area (Å²) < 4.78 is 7.80. The summed E-state index contributed by atoms with van der Waals surface area (Å²) >= 11 is 0. The molecule has 0 saturated heterocycles. The molecule has 0 aliphatic heterocycles. The average Bonchev–Trinajstić information content (AvgIpc) is 3.01. The minimum Gasteiger partial charge on any atom is -0.530 e. The highest BCUT2D eigenvalue weighted by molar-refractivity contribution is 7.07. The Morgan fingerprint density at radius 1 is 0.487 bits per heavy atom. The van der Waals surface area contributed by atoms with Crippen LogP contribution in [0.2, 0.25) is 13.1 Å². The van der Waals surface area contributed by atoms with Crippen molar-refractivity contribution in [3.8, 4) is 0 Å². The summed E-state index contributed by atoms with van der Waals surface area (Å²) in [4.78, 5) is 0. The maximum absolute atomic E-state index is 7.80. The van der Waals surface area contributed by atoms with Crippen LogP contribution < -0.4 is 20.7 Å². The second kappa shape index (κ2) is 11.9. The lowest BCUT2D eigenvalue weighted by Gasteiger charge is -2.38. The van der Waals surface area contributed by atoms with Crippen molar-refractivity contribution in [2.45, 2.75) is 26.4 Å². The van der Waals surface area contributed by atoms with E-state index in [1.165, 1.54) is 25.9 Å². The first-order valence-corrected chi connectivity index (χ1v) is 18.7. The van der Waals surface area contributed by atoms with E-state index in [2.05, 4.69) is 172 Å². The van der Waals surface area contributed by atoms with Gasteiger partial charge in [0.1, 0.15) is 13.8 Å². The molecule has 5 aromatic rings. The van der Waals surface area contributed by atoms with Crippen molar-refractivity contribution in [2.75, 3.05) is 0 Å². The highest BCUT2D eigenvalue weighted by Crippen LogP contribution is 2.32. The van der Waals surface area contributed by atoms with Gasteiger partial charge < -0.3 is 4.43 Å². The Balaban J connectivity index is 1.85. The molecule has 0 heterocycles. The third-order valence-corrected chi connectivity index (χ3v) is 15.5. The molecule has 194 valence electrons. The highest BCUT2D eigenvalue weighted by atomic mass is 28.4. The molecule has 1 nitrogen and oxygen atoms in total. The van der Waals surface area contributed by atoms with Gasteiger partial charge in [-0.25, -0.2) is 0 Å². The zero-order valence-corrected chi connectivity index (χ0v) is 25.0. The maximum Gasteiger partial charge on any atom is 0.346 e. The molecule has 0 saturated carbocycles. The molecule has 0 aromatic heterocycles. The number of rotatable bonds is 9. The Kier molecular flexibility index (Phi) is 8.11. The van der Waals surface area contributed by atoms with E-state index in [9.17, 15) is 0 Å². The van der Waals surface area contributed by atoms with Crippen LogP contribution in [0, 0.1) is 0 Å². The lowest BCUT2D eigenvalue weighted by Crippen LogP contribution is -2.69. The Hall–Kier alpha value is -3.93. The van der Waals surface area contributed by atoms with Crippen molar-refractivity contribution in [1.29, 1.82) is 0 Å². The van der Waals surface area contributed by atoms with Gasteiger partial charge >= 0.3 is 8.32 Å². The molecule has 0 fully saturated rings. The molecule has 5 rings (SSSR count). The molecule has 0 aliphatic rings. The molecule has 0 amide bonds. The van der Waals surface area contributed by atoms with Gasteiger partial charge in [-0.05, 0) is 27.2 Å². The monoisotopic (exact) mass is 540 g/mol. The zero-order chi connectivity index (χ0) is 27.1. The molecule has 0 aliphatic carbocycles. The molecule has 0 spiro atoms. The highest BCUT2D eigenvalue weighted by Gasteiger charge is 2.45. The van der Waals surface area contributed by atoms with Crippen molar-refractivity contribution in [3.63, 3.8) is 0 Å². The van der Waals surface area contributed by atoms with Crippen molar-refractivity contribution < 1.29 is 4.43 Å². The van der Waals surface area contributed by atoms with Gasteiger partial charge in [-0.1, -0.05) is 177 Å². The average molecular weight is 541 g/mol. The predicted molar refractivity (Wildman–Crippen MR) is 172 cm³/mol. The number of benzene rings is 5. The van der Waals surface area contributed by atoms with E-state index in [0.29, 0.717) is 0 Å². The van der Waals surface area contributed by atoms with Crippen molar-refractivity contribution in [1.82, 2.24) is 0 Å². The number of allylic oxidation sites excluding steroid dienone is 1. The fourth-order valence-electron chi connectivity index (χ4n) is 5.65. The minimum atomic E-state index is -2.96. The summed E-state index contributed by atoms with van der Waals surface area (Å²) in [5.41, 5.74) is 1.14. The van der Waals surface area contributed by atoms with Gasteiger partial charge in [0, 0.05) is 5.56 Å². The molecule has 0 atom stereocenters. The van der Waals surface area contributed by atoms with Crippen LogP contribution in [0.4, 0.5) is 0 Å². The van der Waals surface area contributed by atoms with Gasteiger partial charge in [-0.2, -0.15) is 0 Å². The fourth-order valence-corrected chi connectivity index (χ4v) is 12.7. The largest absolute Gasteiger partial charge is 0.530 e. The Labute approximate surface area is 235 Å². The standard InChI is InChI=1S/C36H36OSi2/c1-4-35(38(2,3)31-22-12-6-13-23-31)36(30-20-10-5-11-21-30)37-39(32-24-14-7-15-25-32,33-26-16-8-17-27-33)34-28-18-9-19-29-34/h5-29H,4H2,1-3H3/b36-35-. The van der Waals surface area contributed by atoms with E-state index in [1.54, 1.807) is 0 Å². The third-order valence-electron chi connectivity index (χ3n) is 7.71. The molecule has 0 unspecified atom stereocenters. The van der Waals surface area contributed by atoms with Gasteiger partial charge in [0.15, 0.2) is 0 Å². The Morgan fingerprint density at radius 3 is 1.18 bits per heavy atom. The molecule has 0 bridgehead atoms. The van der Waals surface area contributed by atoms with E-state index in [0.717, 1.165) is 17.7 Å². The minimum absolute atomic E-state index is 0.932. The summed E-state index contributed by atoms with van der Waals surface area (Å²) in [5, 5.41) is 6.58. The quantitative estimate of drug-likeness (QED) is 0.116. The SMILES string of the molecule is CC/C(=C(/O[Si](c1ccccc1)(c1ccccc1)c1ccccc1)c1ccccc1)[Si](C)(C)c1ccccc1. The van der Waals surface area contributed by atoms with Gasteiger partial charge in [0.2, 0.25) is 0 Å². The predicted octanol–water partition coefficient (Wildman–Crippen LogP) is 6.65. The second-order valence-electron chi connectivity index (χ2n) is 10.4. The zero-order valence-electron chi connectivity index (χ0n) is 23.0. The van der Waals surface area contributed by atoms with Gasteiger partial charge in [0.05, 0.1) is 0 Å². The van der Waals surface area contributed by atoms with Crippen molar-refractivity contribution >= 4 is 42.9 Å². The van der Waals surface area contributed by atoms with Crippen molar-refractivity contribution in [3.05, 3.63) is 162 Å². The van der Waals surface area contributed by atoms with Gasteiger partial charge in [-0.15, -0.1) is 0 Å². The smallest absolute Gasteiger partial charge is 0.346 e. The fraction of sp³-hybridized carbons (Fsp3) is 0.111. The van der Waals surface area contributed by atoms with Crippen LogP contribution in [0.3, 0.4) is 0 Å². The Bertz CT molecular complexity index is 1400. The lowest BCUT2D eigenvalue weighted by atomic mass is 10.1. The Morgan fingerprint density at radius 2 is 0.821 bits per heavy atom. The van der Waals surface area contributed by atoms with Crippen LogP contribution in [0.1, 0.15) is 18.9 Å². The van der Waals surface area contributed by atoms with Crippen LogP contribution >= 0.6 is 0 Å². The van der Waals surface area contributed by atoms with Gasteiger partial charge in [-0.3, -0.25) is 0 Å². The van der Waals surface area contributed by atoms with Crippen LogP contribution in [0.15, 0.2) is 157 Å². The van der Waals surface area contributed by atoms with Gasteiger partial charge in [0.25, 0.3) is 0 Å². The number of hydrogen-bond acceptors (Lipinski definition) is 1. The summed E-state index contributed by atoms with van der Waals surface area (Å²) in [5.74, 6) is 1.04. The molecular formula is C36H36OSi2. The normalized spacial score (nSPS) is 12.5. The molecule has 0 radical (unpaired) electrons. The van der Waals surface area contributed by atoms with Crippen LogP contribution in [0.25, 0.3) is 5.76 Å². The van der Waals surface area contributed by atoms with E-state index >= 15 is 0 Å². The molecule has 5 aromatic carbocycles. The summed E-state index contributed by atoms with van der Waals surface area (Å²) in [6.45, 7) is 7.21. The van der Waals surface area contributed by atoms with Crippen LogP contribution in [-0.2, 0) is 4.43 Å². The van der Waals surface area contributed by atoms with E-state index < -0.39 is 16.4 Å². The molecule has 3 heteroatoms. The lowest BCUT2D eigenvalue weighted by molar-refractivity contribution is 0.529. The molecule has 0 N–H and O–H groups in total. The van der Waals surface area contributed by atoms with Crippen LogP contribution in [0.5, 0.6) is 0 Å². The molecule has 39 heavy (non-hydrogen) atoms. The number of hydrogen-bond donors (Lipinski definition) is 0. The van der Waals surface area contributed by atoms with E-state index in [4.69, 9.17) is 4.43 Å².